The third-order valence-electron chi connectivity index (χ3n) is 5.69. The van der Waals surface area contributed by atoms with E-state index in [1.807, 2.05) is 13.8 Å². The molecule has 0 aromatic carbocycles. The molecule has 0 radical (unpaired) electrons. The van der Waals surface area contributed by atoms with Crippen molar-refractivity contribution in [3.05, 3.63) is 18.1 Å². The van der Waals surface area contributed by atoms with Crippen LogP contribution in [0.25, 0.3) is 11.0 Å². The maximum atomic E-state index is 12.9. The van der Waals surface area contributed by atoms with Crippen LogP contribution >= 0.6 is 0 Å². The molecule has 0 saturated carbocycles. The zero-order valence-corrected chi connectivity index (χ0v) is 20.7. The summed E-state index contributed by atoms with van der Waals surface area (Å²) in [5.74, 6) is -1.25. The molecule has 0 spiro atoms. The molecule has 36 heavy (non-hydrogen) atoms. The third kappa shape index (κ3) is 5.62. The number of aliphatic hydroxyl groups excluding tert-OH is 1. The molecular formula is C23H30N6O7. The summed E-state index contributed by atoms with van der Waals surface area (Å²) >= 11 is 0. The summed E-state index contributed by atoms with van der Waals surface area (Å²) in [5, 5.41) is 25.6. The number of hydrogen-bond acceptors (Lipinski definition) is 11. The van der Waals surface area contributed by atoms with E-state index in [4.69, 9.17) is 14.2 Å². The van der Waals surface area contributed by atoms with Gasteiger partial charge in [0.1, 0.15) is 30.0 Å². The van der Waals surface area contributed by atoms with Gasteiger partial charge in [-0.05, 0) is 19.4 Å². The summed E-state index contributed by atoms with van der Waals surface area (Å²) in [5.41, 5.74) is 0.344. The van der Waals surface area contributed by atoms with Gasteiger partial charge in [0.05, 0.1) is 23.6 Å². The number of carbonyl (C=O) groups excluding carboxylic acids is 3. The summed E-state index contributed by atoms with van der Waals surface area (Å²) in [6.07, 6.45) is -1.11. The Hall–Kier alpha value is -3.60. The number of likely N-dealkylation sites (N-methyl/N-ethyl adjacent to an activating group) is 1. The number of amides is 1. The molecule has 1 amide bonds. The number of carbonyl (C=O) groups is 3. The first-order chi connectivity index (χ1) is 17.1. The highest BCUT2D eigenvalue weighted by Crippen LogP contribution is 2.38. The number of anilines is 1. The first kappa shape index (κ1) is 27.0. The van der Waals surface area contributed by atoms with Crippen molar-refractivity contribution in [2.45, 2.75) is 64.7 Å². The molecule has 3 heterocycles. The van der Waals surface area contributed by atoms with Gasteiger partial charge in [-0.3, -0.25) is 14.4 Å². The highest BCUT2D eigenvalue weighted by atomic mass is 16.6. The Kier molecular flexibility index (Phi) is 8.57. The van der Waals surface area contributed by atoms with Gasteiger partial charge in [-0.25, -0.2) is 9.97 Å². The van der Waals surface area contributed by atoms with E-state index in [1.165, 1.54) is 30.9 Å². The molecule has 13 heteroatoms. The molecule has 5 atom stereocenters. The molecule has 1 aliphatic heterocycles. The van der Waals surface area contributed by atoms with Gasteiger partial charge >= 0.3 is 11.9 Å². The molecule has 2 aromatic rings. The van der Waals surface area contributed by atoms with Crippen LogP contribution in [0.4, 0.5) is 5.82 Å². The number of fused-ring (bicyclic) bond motifs is 1. The number of esters is 2. The molecular weight excluding hydrogens is 472 g/mol. The zero-order chi connectivity index (χ0) is 26.6. The van der Waals surface area contributed by atoms with Crippen LogP contribution in [0.15, 0.2) is 12.5 Å². The number of rotatable bonds is 9. The predicted octanol–water partition coefficient (Wildman–Crippen LogP) is 0.629. The van der Waals surface area contributed by atoms with E-state index in [-0.39, 0.29) is 34.2 Å². The molecule has 0 aliphatic carbocycles. The minimum Gasteiger partial charge on any atom is -0.456 e. The van der Waals surface area contributed by atoms with E-state index < -0.39 is 49.1 Å². The average molecular weight is 503 g/mol. The number of aliphatic hydroxyl groups is 1. The number of aromatic nitrogens is 3. The van der Waals surface area contributed by atoms with Gasteiger partial charge < -0.3 is 34.5 Å². The molecule has 13 nitrogen and oxygen atoms in total. The fraction of sp³-hybridized carbons (Fsp3) is 0.565. The normalized spacial score (nSPS) is 22.3. The molecule has 3 rings (SSSR count). The van der Waals surface area contributed by atoms with Crippen molar-refractivity contribution in [2.24, 2.45) is 5.92 Å². The highest BCUT2D eigenvalue weighted by Gasteiger charge is 2.50. The Morgan fingerprint density at radius 3 is 2.44 bits per heavy atom. The highest BCUT2D eigenvalue weighted by molar-refractivity contribution is 6.02. The number of ether oxygens (including phenoxy) is 3. The monoisotopic (exact) mass is 502 g/mol. The Morgan fingerprint density at radius 1 is 1.22 bits per heavy atom. The van der Waals surface area contributed by atoms with Gasteiger partial charge in [0.25, 0.3) is 0 Å². The Labute approximate surface area is 207 Å². The predicted molar refractivity (Wildman–Crippen MR) is 125 cm³/mol. The van der Waals surface area contributed by atoms with E-state index in [1.54, 1.807) is 7.05 Å². The van der Waals surface area contributed by atoms with Gasteiger partial charge in [0.15, 0.2) is 18.4 Å². The van der Waals surface area contributed by atoms with Gasteiger partial charge in [-0.15, -0.1) is 0 Å². The zero-order valence-electron chi connectivity index (χ0n) is 20.7. The molecule has 1 fully saturated rings. The molecule has 2 aromatic heterocycles. The third-order valence-corrected chi connectivity index (χ3v) is 5.69. The standard InChI is InChI=1S/C23H30N6O7/c1-11(2)6-15(25-5)22(33)28-20-17-14(7-24)8-29(21(17)27-10-26-20)23-19(35-13(4)32)18(34-12(3)31)16(9-30)36-23/h8,10-11,15-16,18-19,23,25,30H,6,9H2,1-5H3,(H,26,27,28,33)/t15?,16-,18?,19+,23-/m1/s1. The lowest BCUT2D eigenvalue weighted by Crippen LogP contribution is -2.40. The van der Waals surface area contributed by atoms with E-state index in [2.05, 4.69) is 26.7 Å². The number of hydrogen-bond donors (Lipinski definition) is 3. The lowest BCUT2D eigenvalue weighted by Gasteiger charge is -2.23. The second-order valence-corrected chi connectivity index (χ2v) is 8.84. The fourth-order valence-corrected chi connectivity index (χ4v) is 4.22. The Morgan fingerprint density at radius 2 is 1.89 bits per heavy atom. The molecule has 194 valence electrons. The van der Waals surface area contributed by atoms with Crippen LogP contribution in [0.2, 0.25) is 0 Å². The Balaban J connectivity index is 2.07. The first-order valence-electron chi connectivity index (χ1n) is 11.5. The summed E-state index contributed by atoms with van der Waals surface area (Å²) in [7, 11) is 1.68. The fourth-order valence-electron chi connectivity index (χ4n) is 4.22. The van der Waals surface area contributed by atoms with Crippen LogP contribution in [-0.4, -0.2) is 75.5 Å². The number of nitriles is 1. The number of nitrogens with one attached hydrogen (secondary N) is 2. The van der Waals surface area contributed by atoms with Crippen LogP contribution in [0.1, 0.15) is 45.9 Å². The maximum absolute atomic E-state index is 12.9. The van der Waals surface area contributed by atoms with Crippen molar-refractivity contribution in [3.8, 4) is 6.07 Å². The van der Waals surface area contributed by atoms with Crippen molar-refractivity contribution in [3.63, 3.8) is 0 Å². The summed E-state index contributed by atoms with van der Waals surface area (Å²) in [6, 6.07) is 1.58. The molecule has 0 bridgehead atoms. The van der Waals surface area contributed by atoms with Gasteiger partial charge in [-0.1, -0.05) is 13.8 Å². The van der Waals surface area contributed by atoms with Gasteiger partial charge in [0.2, 0.25) is 5.91 Å². The minimum atomic E-state index is -1.14. The van der Waals surface area contributed by atoms with Crippen molar-refractivity contribution in [1.29, 1.82) is 5.26 Å². The smallest absolute Gasteiger partial charge is 0.303 e. The van der Waals surface area contributed by atoms with Gasteiger partial charge in [0, 0.05) is 20.0 Å². The summed E-state index contributed by atoms with van der Waals surface area (Å²) < 4.78 is 18.1. The lowest BCUT2D eigenvalue weighted by atomic mass is 10.0. The average Bonchev–Trinajstić information content (AvgIpc) is 3.35. The molecule has 1 aliphatic rings. The lowest BCUT2D eigenvalue weighted by molar-refractivity contribution is -0.165. The number of nitrogens with zero attached hydrogens (tertiary/aromatic N) is 4. The van der Waals surface area contributed by atoms with Crippen molar-refractivity contribution in [1.82, 2.24) is 19.9 Å². The second-order valence-electron chi connectivity index (χ2n) is 8.84. The van der Waals surface area contributed by atoms with Crippen molar-refractivity contribution in [2.75, 3.05) is 19.0 Å². The second kappa shape index (κ2) is 11.4. The maximum Gasteiger partial charge on any atom is 0.303 e. The van der Waals surface area contributed by atoms with E-state index >= 15 is 0 Å². The molecule has 2 unspecified atom stereocenters. The van der Waals surface area contributed by atoms with Crippen LogP contribution in [0, 0.1) is 17.2 Å². The summed E-state index contributed by atoms with van der Waals surface area (Å²) in [4.78, 5) is 44.9. The molecule has 1 saturated heterocycles. The van der Waals surface area contributed by atoms with Crippen LogP contribution in [0.3, 0.4) is 0 Å². The van der Waals surface area contributed by atoms with E-state index in [0.29, 0.717) is 6.42 Å². The van der Waals surface area contributed by atoms with Crippen LogP contribution in [0.5, 0.6) is 0 Å². The van der Waals surface area contributed by atoms with Gasteiger partial charge in [-0.2, -0.15) is 5.26 Å². The van der Waals surface area contributed by atoms with Crippen LogP contribution < -0.4 is 10.6 Å². The summed E-state index contributed by atoms with van der Waals surface area (Å²) in [6.45, 7) is 5.85. The quantitative estimate of drug-likeness (QED) is 0.410. The topological polar surface area (TPSA) is 178 Å². The van der Waals surface area contributed by atoms with Crippen LogP contribution in [-0.2, 0) is 28.6 Å². The Bertz CT molecular complexity index is 1170. The first-order valence-corrected chi connectivity index (χ1v) is 11.5. The molecule has 3 N–H and O–H groups in total. The SMILES string of the molecule is CNC(CC(C)C)C(=O)Nc1ncnc2c1c(C#N)cn2[C@@H]1O[C@H](CO)C(OC(C)=O)[C@@H]1OC(C)=O. The minimum absolute atomic E-state index is 0.126. The van der Waals surface area contributed by atoms with Crippen molar-refractivity contribution >= 4 is 34.7 Å². The van der Waals surface area contributed by atoms with E-state index in [9.17, 15) is 24.8 Å². The van der Waals surface area contributed by atoms with E-state index in [0.717, 1.165) is 0 Å². The van der Waals surface area contributed by atoms with Crippen molar-refractivity contribution < 1.29 is 33.7 Å². The largest absolute Gasteiger partial charge is 0.456 e.